The van der Waals surface area contributed by atoms with E-state index >= 15 is 0 Å². The summed E-state index contributed by atoms with van der Waals surface area (Å²) in [5, 5.41) is 21.7. The first-order valence-electron chi connectivity index (χ1n) is 29.1. The molecular weight excluding hydrogens is 865 g/mol. The maximum atomic E-state index is 12.8. The lowest BCUT2D eigenvalue weighted by Gasteiger charge is -2.28. The van der Waals surface area contributed by atoms with Crippen LogP contribution in [0.5, 0.6) is 11.5 Å². The van der Waals surface area contributed by atoms with Gasteiger partial charge in [0.05, 0.1) is 24.3 Å². The fraction of sp³-hybridized carbons (Fsp3) is 0.781. The quantitative estimate of drug-likeness (QED) is 0.0536. The Morgan fingerprint density at radius 1 is 0.329 bits per heavy atom. The Morgan fingerprint density at radius 3 is 0.671 bits per heavy atom. The molecule has 2 rings (SSSR count). The van der Waals surface area contributed by atoms with Gasteiger partial charge in [0.2, 0.25) is 0 Å². The van der Waals surface area contributed by atoms with Crippen molar-refractivity contribution < 1.29 is 29.3 Å². The highest BCUT2D eigenvalue weighted by molar-refractivity contribution is 5.91. The van der Waals surface area contributed by atoms with Crippen molar-refractivity contribution in [2.75, 3.05) is 13.2 Å². The van der Waals surface area contributed by atoms with E-state index in [1.807, 2.05) is 0 Å². The number of benzene rings is 2. The Labute approximate surface area is 433 Å². The molecule has 0 aliphatic carbocycles. The number of hydrogen-bond donors (Lipinski definition) is 2. The standard InChI is InChI=1S/C33H58O3.C31H54O3/c1-8-9-10-11-12-13-14-15-16-17-18-19-20-21-22-23-24-36-31(35)27-25-28(32(2,3)4)30(34)29(26-27)33(5,6)7;1-8-9-10-11-12-13-14-15-16-17-18-19-20-21-22-34-29(33)25-23-26(30(2,3)4)28(32)27(24-25)31(5,6)7/h25-26,34H,8-24H2,1-7H3;23-24,32H,8-22H2,1-7H3. The molecule has 0 saturated heterocycles. The van der Waals surface area contributed by atoms with Gasteiger partial charge in [0.25, 0.3) is 0 Å². The molecule has 0 heterocycles. The molecule has 0 fully saturated rings. The van der Waals surface area contributed by atoms with Gasteiger partial charge in [-0.25, -0.2) is 9.59 Å². The summed E-state index contributed by atoms with van der Waals surface area (Å²) in [6.45, 7) is 30.1. The molecule has 0 bridgehead atoms. The highest BCUT2D eigenvalue weighted by Crippen LogP contribution is 2.41. The molecule has 2 aromatic carbocycles. The molecule has 0 aliphatic rings. The van der Waals surface area contributed by atoms with Crippen molar-refractivity contribution in [1.82, 2.24) is 0 Å². The maximum absolute atomic E-state index is 12.8. The second-order valence-corrected chi connectivity index (χ2v) is 25.0. The molecule has 0 unspecified atom stereocenters. The highest BCUT2D eigenvalue weighted by Gasteiger charge is 2.30. The largest absolute Gasteiger partial charge is 0.507 e. The predicted octanol–water partition coefficient (Wildman–Crippen LogP) is 20.0. The minimum absolute atomic E-state index is 0.255. The molecule has 0 radical (unpaired) electrons. The van der Waals surface area contributed by atoms with E-state index in [0.29, 0.717) is 35.8 Å². The molecule has 0 atom stereocenters. The summed E-state index contributed by atoms with van der Waals surface area (Å²) >= 11 is 0. The zero-order valence-corrected chi connectivity index (χ0v) is 48.5. The van der Waals surface area contributed by atoms with Crippen molar-refractivity contribution >= 4 is 11.9 Å². The first-order valence-corrected chi connectivity index (χ1v) is 29.1. The topological polar surface area (TPSA) is 93.1 Å². The van der Waals surface area contributed by atoms with E-state index in [4.69, 9.17) is 9.47 Å². The Kier molecular flexibility index (Phi) is 32.7. The predicted molar refractivity (Wildman–Crippen MR) is 301 cm³/mol. The smallest absolute Gasteiger partial charge is 0.338 e. The van der Waals surface area contributed by atoms with Crippen LogP contribution in [0.15, 0.2) is 24.3 Å². The lowest BCUT2D eigenvalue weighted by molar-refractivity contribution is 0.0488. The van der Waals surface area contributed by atoms with Crippen LogP contribution in [0.3, 0.4) is 0 Å². The van der Waals surface area contributed by atoms with Crippen LogP contribution in [0.1, 0.15) is 333 Å². The Morgan fingerprint density at radius 2 is 0.500 bits per heavy atom. The zero-order valence-electron chi connectivity index (χ0n) is 48.5. The van der Waals surface area contributed by atoms with Crippen molar-refractivity contribution in [3.63, 3.8) is 0 Å². The summed E-state index contributed by atoms with van der Waals surface area (Å²) < 4.78 is 11.2. The maximum Gasteiger partial charge on any atom is 0.338 e. The summed E-state index contributed by atoms with van der Waals surface area (Å²) in [7, 11) is 0. The summed E-state index contributed by atoms with van der Waals surface area (Å²) in [5.74, 6) is 0.0190. The Bertz CT molecular complexity index is 1620. The van der Waals surface area contributed by atoms with E-state index in [9.17, 15) is 19.8 Å². The van der Waals surface area contributed by atoms with Gasteiger partial charge >= 0.3 is 11.9 Å². The highest BCUT2D eigenvalue weighted by atomic mass is 16.5. The minimum atomic E-state index is -0.286. The fourth-order valence-corrected chi connectivity index (χ4v) is 9.23. The van der Waals surface area contributed by atoms with E-state index in [2.05, 4.69) is 96.9 Å². The van der Waals surface area contributed by atoms with Crippen LogP contribution < -0.4 is 0 Å². The lowest BCUT2D eigenvalue weighted by Crippen LogP contribution is -2.19. The summed E-state index contributed by atoms with van der Waals surface area (Å²) in [6.07, 6.45) is 39.7. The average Bonchev–Trinajstić information content (AvgIpc) is 3.27. The number of rotatable bonds is 34. The molecule has 0 aromatic heterocycles. The summed E-state index contributed by atoms with van der Waals surface area (Å²) in [4.78, 5) is 25.5. The number of esters is 2. The fourth-order valence-electron chi connectivity index (χ4n) is 9.23. The molecule has 70 heavy (non-hydrogen) atoms. The van der Waals surface area contributed by atoms with Crippen molar-refractivity contribution in [1.29, 1.82) is 0 Å². The second-order valence-electron chi connectivity index (χ2n) is 25.0. The first kappa shape index (κ1) is 65.0. The zero-order chi connectivity index (χ0) is 52.6. The molecule has 0 saturated carbocycles. The van der Waals surface area contributed by atoms with Crippen LogP contribution in [0.25, 0.3) is 0 Å². The van der Waals surface area contributed by atoms with Crippen LogP contribution in [-0.2, 0) is 31.1 Å². The first-order chi connectivity index (χ1) is 33.0. The molecule has 0 spiro atoms. The number of carbonyl (C=O) groups is 2. The molecule has 0 aliphatic heterocycles. The molecule has 6 heteroatoms. The Balaban J connectivity index is 0.000000701. The van der Waals surface area contributed by atoms with Gasteiger partial charge in [-0.05, 0) is 58.8 Å². The van der Waals surface area contributed by atoms with E-state index in [1.54, 1.807) is 24.3 Å². The van der Waals surface area contributed by atoms with Gasteiger partial charge in [0.15, 0.2) is 0 Å². The van der Waals surface area contributed by atoms with Crippen molar-refractivity contribution in [2.24, 2.45) is 0 Å². The van der Waals surface area contributed by atoms with Crippen LogP contribution in [0.2, 0.25) is 0 Å². The molecule has 6 nitrogen and oxygen atoms in total. The number of unbranched alkanes of at least 4 members (excludes halogenated alkanes) is 28. The van der Waals surface area contributed by atoms with Gasteiger partial charge in [-0.1, -0.05) is 277 Å². The Hall–Kier alpha value is -3.02. The van der Waals surface area contributed by atoms with Gasteiger partial charge in [-0.2, -0.15) is 0 Å². The van der Waals surface area contributed by atoms with E-state index < -0.39 is 0 Å². The molecule has 2 N–H and O–H groups in total. The number of aromatic hydroxyl groups is 2. The third kappa shape index (κ3) is 28.3. The van der Waals surface area contributed by atoms with Gasteiger partial charge < -0.3 is 19.7 Å². The summed E-state index contributed by atoms with van der Waals surface area (Å²) in [5.41, 5.74) is 3.24. The van der Waals surface area contributed by atoms with Gasteiger partial charge in [0.1, 0.15) is 11.5 Å². The molecule has 404 valence electrons. The van der Waals surface area contributed by atoms with E-state index in [1.165, 1.54) is 167 Å². The third-order valence-electron chi connectivity index (χ3n) is 13.9. The van der Waals surface area contributed by atoms with Crippen LogP contribution in [0, 0.1) is 0 Å². The normalized spacial score (nSPS) is 12.2. The number of hydrogen-bond acceptors (Lipinski definition) is 6. The van der Waals surface area contributed by atoms with Crippen molar-refractivity contribution in [3.05, 3.63) is 57.6 Å². The molecule has 0 amide bonds. The monoisotopic (exact) mass is 977 g/mol. The summed E-state index contributed by atoms with van der Waals surface area (Å²) in [6, 6.07) is 7.22. The molecule has 2 aromatic rings. The second kappa shape index (κ2) is 35.2. The van der Waals surface area contributed by atoms with Crippen LogP contribution in [-0.4, -0.2) is 35.4 Å². The van der Waals surface area contributed by atoms with Gasteiger partial charge in [-0.3, -0.25) is 0 Å². The van der Waals surface area contributed by atoms with E-state index in [-0.39, 0.29) is 33.6 Å². The van der Waals surface area contributed by atoms with Crippen molar-refractivity contribution in [3.8, 4) is 11.5 Å². The number of ether oxygens (including phenoxy) is 2. The number of carbonyl (C=O) groups excluding carboxylic acids is 2. The lowest BCUT2D eigenvalue weighted by atomic mass is 9.78. The number of phenols is 2. The van der Waals surface area contributed by atoms with Gasteiger partial charge in [0, 0.05) is 22.3 Å². The SMILES string of the molecule is CCCCCCCCCCCCCCCCCCOC(=O)c1cc(C(C)(C)C)c(O)c(C(C)(C)C)c1.CCCCCCCCCCCCCCCCOC(=O)c1cc(C(C)(C)C)c(O)c(C(C)(C)C)c1. The minimum Gasteiger partial charge on any atom is -0.507 e. The van der Waals surface area contributed by atoms with Crippen molar-refractivity contribution in [2.45, 2.75) is 311 Å². The average molecular weight is 978 g/mol. The van der Waals surface area contributed by atoms with Gasteiger partial charge in [-0.15, -0.1) is 0 Å². The molecular formula is C64H112O6. The third-order valence-corrected chi connectivity index (χ3v) is 13.9. The van der Waals surface area contributed by atoms with Crippen LogP contribution >= 0.6 is 0 Å². The number of phenolic OH excluding ortho intramolecular Hbond substituents is 2. The van der Waals surface area contributed by atoms with Crippen LogP contribution in [0.4, 0.5) is 0 Å². The van der Waals surface area contributed by atoms with E-state index in [0.717, 1.165) is 47.9 Å².